The molecule has 1 fully saturated rings. The highest BCUT2D eigenvalue weighted by molar-refractivity contribution is 7.17. The molecule has 0 spiro atoms. The molecule has 4 rings (SSSR count). The second-order valence-corrected chi connectivity index (χ2v) is 7.08. The second-order valence-electron chi connectivity index (χ2n) is 5.82. The minimum Gasteiger partial charge on any atom is -0.381 e. The highest BCUT2D eigenvalue weighted by atomic mass is 35.5. The van der Waals surface area contributed by atoms with Gasteiger partial charge >= 0.3 is 0 Å². The van der Waals surface area contributed by atoms with Crippen LogP contribution in [0.3, 0.4) is 0 Å². The van der Waals surface area contributed by atoms with Crippen LogP contribution in [0.25, 0.3) is 21.5 Å². The van der Waals surface area contributed by atoms with Gasteiger partial charge in [-0.2, -0.15) is 10.4 Å². The fourth-order valence-electron chi connectivity index (χ4n) is 3.12. The summed E-state index contributed by atoms with van der Waals surface area (Å²) in [6, 6.07) is 4.23. The van der Waals surface area contributed by atoms with Crippen LogP contribution in [0.5, 0.6) is 0 Å². The number of nitrogens with zero attached hydrogens (tertiary/aromatic N) is 5. The van der Waals surface area contributed by atoms with Crippen LogP contribution in [0.15, 0.2) is 23.8 Å². The average molecular weight is 360 g/mol. The molecule has 1 saturated heterocycles. The van der Waals surface area contributed by atoms with Gasteiger partial charge in [-0.1, -0.05) is 0 Å². The van der Waals surface area contributed by atoms with E-state index >= 15 is 0 Å². The van der Waals surface area contributed by atoms with Gasteiger partial charge in [0.1, 0.15) is 0 Å². The van der Waals surface area contributed by atoms with Crippen molar-refractivity contribution >= 4 is 33.2 Å². The third-order valence-electron chi connectivity index (χ3n) is 4.45. The molecule has 0 unspecified atom stereocenters. The monoisotopic (exact) mass is 359 g/mol. The first-order valence-corrected chi connectivity index (χ1v) is 8.89. The van der Waals surface area contributed by atoms with E-state index in [0.29, 0.717) is 19.6 Å². The Morgan fingerprint density at radius 3 is 3.00 bits per heavy atom. The van der Waals surface area contributed by atoms with E-state index in [1.54, 1.807) is 17.5 Å². The van der Waals surface area contributed by atoms with Crippen molar-refractivity contribution in [3.63, 3.8) is 0 Å². The molecule has 0 amide bonds. The molecule has 0 aliphatic carbocycles. The molecule has 6 nitrogen and oxygen atoms in total. The quantitative estimate of drug-likeness (QED) is 0.667. The number of hydrogen-bond donors (Lipinski definition) is 0. The molecule has 4 heterocycles. The number of nitriles is 1. The summed E-state index contributed by atoms with van der Waals surface area (Å²) in [7, 11) is 0. The maximum atomic E-state index is 9.25. The van der Waals surface area contributed by atoms with Gasteiger partial charge in [-0.05, 0) is 35.9 Å². The summed E-state index contributed by atoms with van der Waals surface area (Å²) in [5, 5.41) is 16.0. The van der Waals surface area contributed by atoms with Crippen molar-refractivity contribution in [2.45, 2.75) is 24.8 Å². The number of ether oxygens (including phenoxy) is 1. The van der Waals surface area contributed by atoms with Crippen LogP contribution in [0, 0.1) is 11.3 Å². The molecule has 0 saturated carbocycles. The van der Waals surface area contributed by atoms with E-state index in [0.717, 1.165) is 34.3 Å². The summed E-state index contributed by atoms with van der Waals surface area (Å²) in [6.07, 6.45) is 5.71. The standard InChI is InChI=1S/C16H14ClN5OS/c17-15-20-12-1-8-24-14(12)13(21-15)11-9-19-22(10-11)16(2-5-18)3-6-23-7-4-16/h1,8-10H,2-4,6-7H2. The molecular weight excluding hydrogens is 346 g/mol. The summed E-state index contributed by atoms with van der Waals surface area (Å²) >= 11 is 7.64. The van der Waals surface area contributed by atoms with E-state index in [1.807, 2.05) is 22.3 Å². The summed E-state index contributed by atoms with van der Waals surface area (Å²) in [5.74, 6) is 0. The van der Waals surface area contributed by atoms with Crippen molar-refractivity contribution < 1.29 is 4.74 Å². The summed E-state index contributed by atoms with van der Waals surface area (Å²) < 4.78 is 8.35. The Bertz CT molecular complexity index is 922. The first-order valence-electron chi connectivity index (χ1n) is 7.63. The lowest BCUT2D eigenvalue weighted by Gasteiger charge is -2.35. The van der Waals surface area contributed by atoms with E-state index < -0.39 is 0 Å². The van der Waals surface area contributed by atoms with Crippen LogP contribution < -0.4 is 0 Å². The van der Waals surface area contributed by atoms with Crippen molar-refractivity contribution in [2.75, 3.05) is 13.2 Å². The summed E-state index contributed by atoms with van der Waals surface area (Å²) in [5.41, 5.74) is 2.19. The maximum Gasteiger partial charge on any atom is 0.223 e. The zero-order valence-electron chi connectivity index (χ0n) is 12.8. The van der Waals surface area contributed by atoms with E-state index in [-0.39, 0.29) is 10.8 Å². The van der Waals surface area contributed by atoms with E-state index in [4.69, 9.17) is 16.3 Å². The zero-order valence-corrected chi connectivity index (χ0v) is 14.3. The molecule has 8 heteroatoms. The first-order chi connectivity index (χ1) is 11.7. The fourth-order valence-corrected chi connectivity index (χ4v) is 4.14. The Kier molecular flexibility index (Phi) is 3.96. The molecular formula is C16H14ClN5OS. The van der Waals surface area contributed by atoms with Crippen molar-refractivity contribution in [3.8, 4) is 17.3 Å². The Balaban J connectivity index is 1.79. The van der Waals surface area contributed by atoms with Gasteiger partial charge in [-0.3, -0.25) is 4.68 Å². The Hall–Kier alpha value is -2.01. The Labute approximate surface area is 147 Å². The van der Waals surface area contributed by atoms with Crippen LogP contribution in [-0.2, 0) is 10.3 Å². The molecule has 3 aromatic heterocycles. The number of aromatic nitrogens is 4. The molecule has 1 aliphatic heterocycles. The van der Waals surface area contributed by atoms with Gasteiger partial charge < -0.3 is 4.74 Å². The number of halogens is 1. The molecule has 0 N–H and O–H groups in total. The lowest BCUT2D eigenvalue weighted by atomic mass is 9.87. The summed E-state index contributed by atoms with van der Waals surface area (Å²) in [4.78, 5) is 8.63. The smallest absolute Gasteiger partial charge is 0.223 e. The second kappa shape index (κ2) is 6.13. The van der Waals surface area contributed by atoms with Crippen LogP contribution in [0.1, 0.15) is 19.3 Å². The van der Waals surface area contributed by atoms with Gasteiger partial charge in [0.15, 0.2) is 0 Å². The van der Waals surface area contributed by atoms with Gasteiger partial charge in [0.2, 0.25) is 5.28 Å². The van der Waals surface area contributed by atoms with Gasteiger partial charge in [-0.25, -0.2) is 9.97 Å². The highest BCUT2D eigenvalue weighted by Crippen LogP contribution is 2.35. The molecule has 0 aromatic carbocycles. The predicted molar refractivity (Wildman–Crippen MR) is 91.9 cm³/mol. The van der Waals surface area contributed by atoms with Gasteiger partial charge in [0, 0.05) is 25.0 Å². The number of hydrogen-bond acceptors (Lipinski definition) is 6. The van der Waals surface area contributed by atoms with Crippen LogP contribution >= 0.6 is 22.9 Å². The number of rotatable bonds is 3. The number of fused-ring (bicyclic) bond motifs is 1. The molecule has 0 radical (unpaired) electrons. The van der Waals surface area contributed by atoms with E-state index in [9.17, 15) is 5.26 Å². The molecule has 0 atom stereocenters. The Morgan fingerprint density at radius 1 is 1.38 bits per heavy atom. The molecule has 0 bridgehead atoms. The minimum atomic E-state index is -0.309. The predicted octanol–water partition coefficient (Wildman–Crippen LogP) is 3.63. The lowest BCUT2D eigenvalue weighted by molar-refractivity contribution is 0.0172. The maximum absolute atomic E-state index is 9.25. The molecule has 1 aliphatic rings. The largest absolute Gasteiger partial charge is 0.381 e. The third-order valence-corrected chi connectivity index (χ3v) is 5.53. The minimum absolute atomic E-state index is 0.224. The van der Waals surface area contributed by atoms with E-state index in [1.165, 1.54) is 0 Å². The molecule has 24 heavy (non-hydrogen) atoms. The van der Waals surface area contributed by atoms with Crippen LogP contribution in [0.2, 0.25) is 5.28 Å². The molecule has 122 valence electrons. The lowest BCUT2D eigenvalue weighted by Crippen LogP contribution is -2.39. The number of thiophene rings is 1. The highest BCUT2D eigenvalue weighted by Gasteiger charge is 2.35. The van der Waals surface area contributed by atoms with Crippen molar-refractivity contribution in [1.29, 1.82) is 5.26 Å². The molecule has 3 aromatic rings. The zero-order chi connectivity index (χ0) is 16.6. The Morgan fingerprint density at radius 2 is 2.21 bits per heavy atom. The normalized spacial score (nSPS) is 17.0. The van der Waals surface area contributed by atoms with E-state index in [2.05, 4.69) is 21.1 Å². The van der Waals surface area contributed by atoms with Crippen LogP contribution in [0.4, 0.5) is 0 Å². The van der Waals surface area contributed by atoms with Crippen molar-refractivity contribution in [1.82, 2.24) is 19.7 Å². The fraction of sp³-hybridized carbons (Fsp3) is 0.375. The SMILES string of the molecule is N#CCC1(n2cc(-c3nc(Cl)nc4ccsc34)cn2)CCOCC1. The third kappa shape index (κ3) is 2.57. The van der Waals surface area contributed by atoms with Crippen LogP contribution in [-0.4, -0.2) is 33.0 Å². The topological polar surface area (TPSA) is 76.6 Å². The van der Waals surface area contributed by atoms with Crippen molar-refractivity contribution in [3.05, 3.63) is 29.1 Å². The van der Waals surface area contributed by atoms with Gasteiger partial charge in [0.25, 0.3) is 0 Å². The average Bonchev–Trinajstić information content (AvgIpc) is 3.24. The van der Waals surface area contributed by atoms with Gasteiger partial charge in [-0.15, -0.1) is 11.3 Å². The van der Waals surface area contributed by atoms with Crippen molar-refractivity contribution in [2.24, 2.45) is 0 Å². The first kappa shape index (κ1) is 15.5. The summed E-state index contributed by atoms with van der Waals surface area (Å²) in [6.45, 7) is 1.29. The van der Waals surface area contributed by atoms with Gasteiger partial charge in [0.05, 0.1) is 40.1 Å².